The lowest BCUT2D eigenvalue weighted by atomic mass is 10.1. The van der Waals surface area contributed by atoms with E-state index in [4.69, 9.17) is 4.74 Å². The average molecular weight is 460 g/mol. The monoisotopic (exact) mass is 459 g/mol. The largest absolute Gasteiger partial charge is 0.489 e. The minimum Gasteiger partial charge on any atom is -0.489 e. The second-order valence-corrected chi connectivity index (χ2v) is 7.31. The third-order valence-electron chi connectivity index (χ3n) is 3.02. The van der Waals surface area contributed by atoms with E-state index in [1.807, 2.05) is 18.2 Å². The number of benzene rings is 2. The van der Waals surface area contributed by atoms with Gasteiger partial charge in [-0.1, -0.05) is 48.0 Å². The smallest absolute Gasteiger partial charge is 0.120 e. The van der Waals surface area contributed by atoms with Gasteiger partial charge in [-0.25, -0.2) is 0 Å². The Morgan fingerprint density at radius 2 is 2.00 bits per heavy atom. The van der Waals surface area contributed by atoms with Crippen molar-refractivity contribution in [2.75, 3.05) is 0 Å². The Kier molecular flexibility index (Phi) is 6.51. The van der Waals surface area contributed by atoms with E-state index < -0.39 is 0 Å². The van der Waals surface area contributed by atoms with Crippen LogP contribution in [0.25, 0.3) is 0 Å². The molecule has 0 saturated heterocycles. The van der Waals surface area contributed by atoms with E-state index in [-0.39, 0.29) is 0 Å². The van der Waals surface area contributed by atoms with Crippen LogP contribution in [-0.4, -0.2) is 6.04 Å². The van der Waals surface area contributed by atoms with Crippen LogP contribution in [0, 0.1) is 3.57 Å². The number of nitrogens with one attached hydrogen (secondary N) is 1. The van der Waals surface area contributed by atoms with Crippen molar-refractivity contribution >= 4 is 38.5 Å². The van der Waals surface area contributed by atoms with Crippen LogP contribution in [0.15, 0.2) is 46.9 Å². The van der Waals surface area contributed by atoms with Crippen LogP contribution in [0.5, 0.6) is 5.75 Å². The van der Waals surface area contributed by atoms with Gasteiger partial charge >= 0.3 is 0 Å². The van der Waals surface area contributed by atoms with Gasteiger partial charge in [-0.3, -0.25) is 0 Å². The van der Waals surface area contributed by atoms with Crippen LogP contribution >= 0.6 is 38.5 Å². The SMILES string of the molecule is CC(C)NCc1ccc(COc2cccc(I)c2)c(Br)c1. The molecule has 2 aromatic rings. The predicted molar refractivity (Wildman–Crippen MR) is 99.6 cm³/mol. The molecule has 0 aliphatic rings. The maximum Gasteiger partial charge on any atom is 0.120 e. The van der Waals surface area contributed by atoms with E-state index in [0.717, 1.165) is 22.3 Å². The van der Waals surface area contributed by atoms with Gasteiger partial charge in [-0.05, 0) is 52.4 Å². The van der Waals surface area contributed by atoms with Crippen molar-refractivity contribution in [3.8, 4) is 5.75 Å². The summed E-state index contributed by atoms with van der Waals surface area (Å²) in [4.78, 5) is 0. The van der Waals surface area contributed by atoms with Crippen molar-refractivity contribution in [3.05, 3.63) is 61.6 Å². The highest BCUT2D eigenvalue weighted by Gasteiger charge is 2.04. The lowest BCUT2D eigenvalue weighted by Gasteiger charge is -2.11. The Hall–Kier alpha value is -0.590. The molecule has 2 rings (SSSR count). The molecule has 0 heterocycles. The molecule has 0 amide bonds. The molecule has 0 atom stereocenters. The number of hydrogen-bond donors (Lipinski definition) is 1. The molecule has 21 heavy (non-hydrogen) atoms. The highest BCUT2D eigenvalue weighted by Crippen LogP contribution is 2.22. The normalized spacial score (nSPS) is 10.9. The maximum absolute atomic E-state index is 5.84. The zero-order valence-electron chi connectivity index (χ0n) is 12.2. The summed E-state index contributed by atoms with van der Waals surface area (Å²) in [7, 11) is 0. The fraction of sp³-hybridized carbons (Fsp3) is 0.294. The van der Waals surface area contributed by atoms with Crippen molar-refractivity contribution in [1.29, 1.82) is 0 Å². The zero-order valence-corrected chi connectivity index (χ0v) is 15.9. The molecule has 0 bridgehead atoms. The molecule has 0 radical (unpaired) electrons. The topological polar surface area (TPSA) is 21.3 Å². The summed E-state index contributed by atoms with van der Waals surface area (Å²) in [6.07, 6.45) is 0. The summed E-state index contributed by atoms with van der Waals surface area (Å²) < 4.78 is 8.11. The third-order valence-corrected chi connectivity index (χ3v) is 4.43. The Labute approximate surface area is 148 Å². The molecule has 0 aliphatic carbocycles. The summed E-state index contributed by atoms with van der Waals surface area (Å²) in [5.74, 6) is 0.902. The van der Waals surface area contributed by atoms with Crippen molar-refractivity contribution in [2.45, 2.75) is 33.0 Å². The van der Waals surface area contributed by atoms with Gasteiger partial charge in [0.2, 0.25) is 0 Å². The maximum atomic E-state index is 5.84. The molecule has 4 heteroatoms. The van der Waals surface area contributed by atoms with Crippen molar-refractivity contribution in [1.82, 2.24) is 5.32 Å². The number of rotatable bonds is 6. The molecule has 0 spiro atoms. The average Bonchev–Trinajstić information content (AvgIpc) is 2.44. The van der Waals surface area contributed by atoms with Crippen LogP contribution in [-0.2, 0) is 13.2 Å². The van der Waals surface area contributed by atoms with Gasteiger partial charge in [-0.2, -0.15) is 0 Å². The third kappa shape index (κ3) is 5.60. The van der Waals surface area contributed by atoms with E-state index in [9.17, 15) is 0 Å². The second-order valence-electron chi connectivity index (χ2n) is 5.21. The van der Waals surface area contributed by atoms with Gasteiger partial charge in [0.1, 0.15) is 12.4 Å². The Bertz CT molecular complexity index is 601. The molecule has 0 aromatic heterocycles. The van der Waals surface area contributed by atoms with Crippen LogP contribution in [0.1, 0.15) is 25.0 Å². The molecule has 0 saturated carbocycles. The minimum absolute atomic E-state index is 0.493. The standard InChI is InChI=1S/C17H19BrINO/c1-12(2)20-10-13-6-7-14(17(18)8-13)11-21-16-5-3-4-15(19)9-16/h3-9,12,20H,10-11H2,1-2H3. The summed E-state index contributed by atoms with van der Waals surface area (Å²) in [5, 5.41) is 3.42. The number of halogens is 2. The molecular formula is C17H19BrINO. The lowest BCUT2D eigenvalue weighted by Crippen LogP contribution is -2.21. The van der Waals surface area contributed by atoms with Crippen LogP contribution in [0.3, 0.4) is 0 Å². The Balaban J connectivity index is 1.97. The molecule has 112 valence electrons. The summed E-state index contributed by atoms with van der Waals surface area (Å²) in [6.45, 7) is 5.75. The van der Waals surface area contributed by atoms with Crippen LogP contribution in [0.4, 0.5) is 0 Å². The molecule has 0 fully saturated rings. The Morgan fingerprint density at radius 3 is 2.67 bits per heavy atom. The predicted octanol–water partition coefficient (Wildman–Crippen LogP) is 5.13. The van der Waals surface area contributed by atoms with E-state index in [1.54, 1.807) is 0 Å². The molecule has 0 aliphatic heterocycles. The summed E-state index contributed by atoms with van der Waals surface area (Å²) in [6, 6.07) is 15.0. The van der Waals surface area contributed by atoms with Gasteiger partial charge in [0, 0.05) is 26.2 Å². The van der Waals surface area contributed by atoms with Crippen molar-refractivity contribution in [2.24, 2.45) is 0 Å². The first-order chi connectivity index (χ1) is 10.0. The summed E-state index contributed by atoms with van der Waals surface area (Å²) >= 11 is 5.92. The fourth-order valence-corrected chi connectivity index (χ4v) is 2.91. The first-order valence-corrected chi connectivity index (χ1v) is 8.81. The first kappa shape index (κ1) is 16.8. The quantitative estimate of drug-likeness (QED) is 0.604. The molecule has 0 unspecified atom stereocenters. The summed E-state index contributed by atoms with van der Waals surface area (Å²) in [5.41, 5.74) is 2.43. The fourth-order valence-electron chi connectivity index (χ4n) is 1.86. The van der Waals surface area contributed by atoms with E-state index >= 15 is 0 Å². The van der Waals surface area contributed by atoms with E-state index in [2.05, 4.69) is 82.0 Å². The van der Waals surface area contributed by atoms with Gasteiger partial charge in [0.15, 0.2) is 0 Å². The molecule has 1 N–H and O–H groups in total. The van der Waals surface area contributed by atoms with E-state index in [0.29, 0.717) is 12.6 Å². The Morgan fingerprint density at radius 1 is 1.19 bits per heavy atom. The second kappa shape index (κ2) is 8.15. The first-order valence-electron chi connectivity index (χ1n) is 6.93. The van der Waals surface area contributed by atoms with Crippen LogP contribution < -0.4 is 10.1 Å². The zero-order chi connectivity index (χ0) is 15.2. The minimum atomic E-state index is 0.493. The van der Waals surface area contributed by atoms with Crippen molar-refractivity contribution < 1.29 is 4.74 Å². The van der Waals surface area contributed by atoms with Gasteiger partial charge in [-0.15, -0.1) is 0 Å². The van der Waals surface area contributed by atoms with Crippen molar-refractivity contribution in [3.63, 3.8) is 0 Å². The van der Waals surface area contributed by atoms with Crippen LogP contribution in [0.2, 0.25) is 0 Å². The highest BCUT2D eigenvalue weighted by atomic mass is 127. The number of ether oxygens (including phenoxy) is 1. The van der Waals surface area contributed by atoms with Gasteiger partial charge in [0.05, 0.1) is 0 Å². The van der Waals surface area contributed by atoms with E-state index in [1.165, 1.54) is 9.13 Å². The highest BCUT2D eigenvalue weighted by molar-refractivity contribution is 14.1. The molecule has 2 aromatic carbocycles. The lowest BCUT2D eigenvalue weighted by molar-refractivity contribution is 0.305. The molecule has 2 nitrogen and oxygen atoms in total. The van der Waals surface area contributed by atoms with Gasteiger partial charge < -0.3 is 10.1 Å². The molecular weight excluding hydrogens is 441 g/mol. The number of hydrogen-bond acceptors (Lipinski definition) is 2. The van der Waals surface area contributed by atoms with Gasteiger partial charge in [0.25, 0.3) is 0 Å².